The zero-order valence-corrected chi connectivity index (χ0v) is 13.1. The van der Waals surface area contributed by atoms with E-state index in [1.165, 1.54) is 38.2 Å². The van der Waals surface area contributed by atoms with Crippen molar-refractivity contribution in [2.75, 3.05) is 7.11 Å². The SMILES string of the molecule is COc1cc2c3c(ccc4cc(CCCC(=O)O)cc(c43)C2)c1. The molecule has 0 heterocycles. The van der Waals surface area contributed by atoms with Crippen molar-refractivity contribution in [2.45, 2.75) is 25.7 Å². The van der Waals surface area contributed by atoms with Gasteiger partial charge in [0.2, 0.25) is 0 Å². The van der Waals surface area contributed by atoms with E-state index in [1.54, 1.807) is 7.11 Å². The maximum Gasteiger partial charge on any atom is 0.303 e. The van der Waals surface area contributed by atoms with Crippen LogP contribution < -0.4 is 4.74 Å². The number of hydrogen-bond acceptors (Lipinski definition) is 2. The van der Waals surface area contributed by atoms with E-state index in [2.05, 4.69) is 36.4 Å². The van der Waals surface area contributed by atoms with Gasteiger partial charge in [0.15, 0.2) is 0 Å². The van der Waals surface area contributed by atoms with Crippen molar-refractivity contribution < 1.29 is 14.6 Å². The van der Waals surface area contributed by atoms with Crippen molar-refractivity contribution in [3.63, 3.8) is 0 Å². The third-order valence-electron chi connectivity index (χ3n) is 4.70. The van der Waals surface area contributed by atoms with Crippen molar-refractivity contribution in [3.05, 3.63) is 53.1 Å². The van der Waals surface area contributed by atoms with Crippen LogP contribution in [-0.2, 0) is 17.6 Å². The lowest BCUT2D eigenvalue weighted by Crippen LogP contribution is -1.96. The number of ether oxygens (including phenoxy) is 1. The molecule has 0 aromatic heterocycles. The number of carboxylic acids is 1. The summed E-state index contributed by atoms with van der Waals surface area (Å²) in [7, 11) is 1.70. The van der Waals surface area contributed by atoms with Gasteiger partial charge in [-0.2, -0.15) is 0 Å². The van der Waals surface area contributed by atoms with Crippen LogP contribution >= 0.6 is 0 Å². The van der Waals surface area contributed by atoms with Crippen LogP contribution in [-0.4, -0.2) is 18.2 Å². The maximum absolute atomic E-state index is 10.7. The molecule has 3 nitrogen and oxygen atoms in total. The molecule has 0 spiro atoms. The number of benzene rings is 3. The molecular weight excluding hydrogens is 288 g/mol. The summed E-state index contributed by atoms with van der Waals surface area (Å²) in [5.41, 5.74) is 3.90. The minimum absolute atomic E-state index is 0.226. The van der Waals surface area contributed by atoms with Gasteiger partial charge in [0.1, 0.15) is 5.75 Å². The average Bonchev–Trinajstić information content (AvgIpc) is 2.90. The Hall–Kier alpha value is -2.55. The number of hydrogen-bond donors (Lipinski definition) is 1. The highest BCUT2D eigenvalue weighted by Crippen LogP contribution is 2.40. The van der Waals surface area contributed by atoms with Gasteiger partial charge in [-0.15, -0.1) is 0 Å². The lowest BCUT2D eigenvalue weighted by atomic mass is 9.98. The van der Waals surface area contributed by atoms with Crippen molar-refractivity contribution in [3.8, 4) is 5.75 Å². The molecule has 0 atom stereocenters. The highest BCUT2D eigenvalue weighted by molar-refractivity contribution is 6.13. The molecule has 0 saturated carbocycles. The third kappa shape index (κ3) is 2.33. The van der Waals surface area contributed by atoms with Gasteiger partial charge in [-0.25, -0.2) is 0 Å². The predicted octanol–water partition coefficient (Wildman–Crippen LogP) is 4.31. The lowest BCUT2D eigenvalue weighted by Gasteiger charge is -2.08. The fraction of sp³-hybridized carbons (Fsp3) is 0.250. The highest BCUT2D eigenvalue weighted by atomic mass is 16.5. The third-order valence-corrected chi connectivity index (χ3v) is 4.70. The van der Waals surface area contributed by atoms with Crippen LogP contribution in [0.15, 0.2) is 36.4 Å². The molecular formula is C20H18O3. The van der Waals surface area contributed by atoms with Crippen LogP contribution in [0, 0.1) is 0 Å². The highest BCUT2D eigenvalue weighted by Gasteiger charge is 2.19. The van der Waals surface area contributed by atoms with E-state index in [4.69, 9.17) is 9.84 Å². The predicted molar refractivity (Wildman–Crippen MR) is 91.4 cm³/mol. The molecule has 1 aliphatic carbocycles. The molecule has 3 aromatic carbocycles. The van der Waals surface area contributed by atoms with Crippen LogP contribution in [0.4, 0.5) is 0 Å². The first-order valence-electron chi connectivity index (χ1n) is 7.92. The lowest BCUT2D eigenvalue weighted by molar-refractivity contribution is -0.137. The minimum Gasteiger partial charge on any atom is -0.497 e. The topological polar surface area (TPSA) is 46.5 Å². The molecule has 1 aliphatic rings. The second-order valence-corrected chi connectivity index (χ2v) is 6.23. The van der Waals surface area contributed by atoms with Crippen molar-refractivity contribution in [1.29, 1.82) is 0 Å². The Morgan fingerprint density at radius 1 is 1.09 bits per heavy atom. The number of aryl methyl sites for hydroxylation is 1. The van der Waals surface area contributed by atoms with E-state index in [9.17, 15) is 4.79 Å². The molecule has 0 fully saturated rings. The van der Waals surface area contributed by atoms with Crippen LogP contribution in [0.25, 0.3) is 21.5 Å². The van der Waals surface area contributed by atoms with Crippen LogP contribution in [0.5, 0.6) is 5.75 Å². The Morgan fingerprint density at radius 3 is 2.48 bits per heavy atom. The van der Waals surface area contributed by atoms with Gasteiger partial charge < -0.3 is 9.84 Å². The molecule has 0 aliphatic heterocycles. The number of rotatable bonds is 5. The Balaban J connectivity index is 1.79. The number of aliphatic carboxylic acids is 1. The standard InChI is InChI=1S/C20H18O3/c1-23-17-10-14-6-5-13-7-12(3-2-4-18(21)22)8-15-9-16(11-17)20(14)19(13)15/h5-8,10-11H,2-4,9H2,1H3,(H,21,22). The Kier molecular flexibility index (Phi) is 3.22. The Bertz CT molecular complexity index is 941. The van der Waals surface area contributed by atoms with E-state index in [-0.39, 0.29) is 6.42 Å². The first kappa shape index (κ1) is 14.1. The molecule has 0 bridgehead atoms. The summed E-state index contributed by atoms with van der Waals surface area (Å²) >= 11 is 0. The summed E-state index contributed by atoms with van der Waals surface area (Å²) in [5, 5.41) is 14.0. The molecule has 1 N–H and O–H groups in total. The van der Waals surface area contributed by atoms with E-state index in [0.717, 1.165) is 18.6 Å². The minimum atomic E-state index is -0.725. The number of carbonyl (C=O) groups is 1. The molecule has 3 heteroatoms. The number of methoxy groups -OCH3 is 1. The van der Waals surface area contributed by atoms with Crippen LogP contribution in [0.2, 0.25) is 0 Å². The van der Waals surface area contributed by atoms with Crippen LogP contribution in [0.1, 0.15) is 29.5 Å². The maximum atomic E-state index is 10.7. The average molecular weight is 306 g/mol. The molecule has 0 unspecified atom stereocenters. The van der Waals surface area contributed by atoms with Gasteiger partial charge in [0.25, 0.3) is 0 Å². The summed E-state index contributed by atoms with van der Waals surface area (Å²) in [5.74, 6) is 0.179. The van der Waals surface area contributed by atoms with Crippen LogP contribution in [0.3, 0.4) is 0 Å². The Morgan fingerprint density at radius 2 is 1.78 bits per heavy atom. The molecule has 0 amide bonds. The van der Waals surface area contributed by atoms with E-state index < -0.39 is 5.97 Å². The number of carboxylic acid groups (broad SMARTS) is 1. The quantitative estimate of drug-likeness (QED) is 0.559. The van der Waals surface area contributed by atoms with E-state index in [1.807, 2.05) is 0 Å². The van der Waals surface area contributed by atoms with E-state index >= 15 is 0 Å². The van der Waals surface area contributed by atoms with Crippen molar-refractivity contribution >= 4 is 27.5 Å². The normalized spacial score (nSPS) is 12.4. The van der Waals surface area contributed by atoms with Gasteiger partial charge >= 0.3 is 5.97 Å². The van der Waals surface area contributed by atoms with Gasteiger partial charge in [-0.05, 0) is 69.6 Å². The van der Waals surface area contributed by atoms with Crippen molar-refractivity contribution in [1.82, 2.24) is 0 Å². The zero-order chi connectivity index (χ0) is 16.0. The second-order valence-electron chi connectivity index (χ2n) is 6.23. The first-order valence-corrected chi connectivity index (χ1v) is 7.92. The van der Waals surface area contributed by atoms with Gasteiger partial charge in [-0.3, -0.25) is 4.79 Å². The van der Waals surface area contributed by atoms with Crippen molar-refractivity contribution in [2.24, 2.45) is 0 Å². The summed E-state index contributed by atoms with van der Waals surface area (Å²) in [4.78, 5) is 10.7. The summed E-state index contributed by atoms with van der Waals surface area (Å²) in [6.45, 7) is 0. The van der Waals surface area contributed by atoms with Gasteiger partial charge in [0.05, 0.1) is 7.11 Å². The van der Waals surface area contributed by atoms with Gasteiger partial charge in [0, 0.05) is 6.42 Å². The summed E-state index contributed by atoms with van der Waals surface area (Å²) in [6.07, 6.45) is 2.65. The summed E-state index contributed by atoms with van der Waals surface area (Å²) < 4.78 is 5.41. The smallest absolute Gasteiger partial charge is 0.303 e. The fourth-order valence-electron chi connectivity index (χ4n) is 3.73. The second kappa shape index (κ2) is 5.27. The molecule has 0 saturated heterocycles. The zero-order valence-electron chi connectivity index (χ0n) is 13.1. The molecule has 0 radical (unpaired) electrons. The monoisotopic (exact) mass is 306 g/mol. The molecule has 116 valence electrons. The fourth-order valence-corrected chi connectivity index (χ4v) is 3.73. The van der Waals surface area contributed by atoms with E-state index in [0.29, 0.717) is 6.42 Å². The molecule has 23 heavy (non-hydrogen) atoms. The summed E-state index contributed by atoms with van der Waals surface area (Å²) in [6, 6.07) is 13.0. The Labute approximate surface area is 134 Å². The largest absolute Gasteiger partial charge is 0.497 e. The first-order chi connectivity index (χ1) is 11.2. The molecule has 3 aromatic rings. The molecule has 4 rings (SSSR count). The van der Waals surface area contributed by atoms with Gasteiger partial charge in [-0.1, -0.05) is 24.3 Å².